The molecule has 3 rings (SSSR count). The topological polar surface area (TPSA) is 84.4 Å². The van der Waals surface area contributed by atoms with Crippen LogP contribution in [-0.4, -0.2) is 60.3 Å². The Hall–Kier alpha value is -1.25. The van der Waals surface area contributed by atoms with E-state index < -0.39 is 10.0 Å². The van der Waals surface area contributed by atoms with Crippen LogP contribution in [0.2, 0.25) is 0 Å². The lowest BCUT2D eigenvalue weighted by atomic mass is 9.90. The molecule has 1 N–H and O–H groups in total. The number of anilines is 1. The maximum Gasteiger partial charge on any atom is 0.222 e. The molecule has 0 amide bonds. The fraction of sp³-hybridized carbons (Fsp3) is 0.692. The van der Waals surface area contributed by atoms with E-state index in [-0.39, 0.29) is 11.6 Å². The van der Waals surface area contributed by atoms with Crippen molar-refractivity contribution in [3.8, 4) is 0 Å². The maximum atomic E-state index is 11.7. The van der Waals surface area contributed by atoms with Gasteiger partial charge >= 0.3 is 0 Å². The van der Waals surface area contributed by atoms with Crippen LogP contribution in [0.5, 0.6) is 0 Å². The molecule has 8 heteroatoms. The van der Waals surface area contributed by atoms with Gasteiger partial charge in [-0.05, 0) is 18.9 Å². The number of hydrogen-bond donors (Lipinski definition) is 1. The molecule has 2 atom stereocenters. The lowest BCUT2D eigenvalue weighted by Crippen LogP contribution is -2.50. The molecule has 2 aliphatic rings. The number of ether oxygens (including phenoxy) is 1. The summed E-state index contributed by atoms with van der Waals surface area (Å²) >= 11 is 0. The first-order valence-corrected chi connectivity index (χ1v) is 8.94. The van der Waals surface area contributed by atoms with Gasteiger partial charge in [-0.15, -0.1) is 0 Å². The highest BCUT2D eigenvalue weighted by molar-refractivity contribution is 7.88. The van der Waals surface area contributed by atoms with Crippen LogP contribution in [0.4, 0.5) is 5.95 Å². The Bertz CT molecular complexity index is 595. The van der Waals surface area contributed by atoms with Gasteiger partial charge in [0.1, 0.15) is 0 Å². The van der Waals surface area contributed by atoms with Gasteiger partial charge in [0, 0.05) is 31.9 Å². The van der Waals surface area contributed by atoms with Gasteiger partial charge in [-0.25, -0.2) is 18.4 Å². The zero-order valence-corrected chi connectivity index (χ0v) is 12.8. The van der Waals surface area contributed by atoms with Crippen LogP contribution < -0.4 is 5.32 Å². The number of aromatic nitrogens is 2. The highest BCUT2D eigenvalue weighted by atomic mass is 32.2. The van der Waals surface area contributed by atoms with Crippen molar-refractivity contribution in [3.05, 3.63) is 18.5 Å². The van der Waals surface area contributed by atoms with Gasteiger partial charge in [0.25, 0.3) is 0 Å². The van der Waals surface area contributed by atoms with Crippen LogP contribution in [0.25, 0.3) is 0 Å². The van der Waals surface area contributed by atoms with E-state index in [1.165, 1.54) is 10.6 Å². The van der Waals surface area contributed by atoms with E-state index in [9.17, 15) is 8.42 Å². The number of sulfonamides is 1. The Morgan fingerprint density at radius 3 is 2.90 bits per heavy atom. The van der Waals surface area contributed by atoms with Crippen LogP contribution >= 0.6 is 0 Å². The number of nitrogens with one attached hydrogen (secondary N) is 1. The molecule has 1 spiro atoms. The summed E-state index contributed by atoms with van der Waals surface area (Å²) < 4.78 is 31.0. The standard InChI is InChI=1S/C13H20N4O3S/c1-21(18,19)17-7-2-4-13(10-17)8-11(9-20-13)16-12-14-5-3-6-15-12/h3,5-6,11H,2,4,7-10H2,1H3,(H,14,15,16)/t11-,13+/m1/s1. The zero-order chi connectivity index (χ0) is 14.9. The Morgan fingerprint density at radius 1 is 1.43 bits per heavy atom. The highest BCUT2D eigenvalue weighted by Crippen LogP contribution is 2.36. The molecular formula is C13H20N4O3S. The summed E-state index contributed by atoms with van der Waals surface area (Å²) in [6.07, 6.45) is 7.14. The van der Waals surface area contributed by atoms with Gasteiger partial charge in [-0.3, -0.25) is 0 Å². The van der Waals surface area contributed by atoms with E-state index in [0.29, 0.717) is 25.6 Å². The van der Waals surface area contributed by atoms with E-state index >= 15 is 0 Å². The van der Waals surface area contributed by atoms with Gasteiger partial charge in [-0.1, -0.05) is 0 Å². The largest absolute Gasteiger partial charge is 0.371 e. The third-order valence-corrected chi connectivity index (χ3v) is 5.33. The molecule has 116 valence electrons. The van der Waals surface area contributed by atoms with Gasteiger partial charge in [-0.2, -0.15) is 4.31 Å². The van der Waals surface area contributed by atoms with Crippen molar-refractivity contribution < 1.29 is 13.2 Å². The molecule has 7 nitrogen and oxygen atoms in total. The van der Waals surface area contributed by atoms with E-state index in [1.807, 2.05) is 0 Å². The van der Waals surface area contributed by atoms with Crippen molar-refractivity contribution in [2.45, 2.75) is 30.9 Å². The molecule has 0 radical (unpaired) electrons. The predicted octanol–water partition coefficient (Wildman–Crippen LogP) is 0.472. The quantitative estimate of drug-likeness (QED) is 0.873. The molecule has 21 heavy (non-hydrogen) atoms. The Labute approximate surface area is 124 Å². The van der Waals surface area contributed by atoms with Crippen LogP contribution in [-0.2, 0) is 14.8 Å². The minimum absolute atomic E-state index is 0.118. The van der Waals surface area contributed by atoms with Gasteiger partial charge < -0.3 is 10.1 Å². The van der Waals surface area contributed by atoms with Crippen LogP contribution in [0.15, 0.2) is 18.5 Å². The van der Waals surface area contributed by atoms with E-state index in [1.54, 1.807) is 18.5 Å². The summed E-state index contributed by atoms with van der Waals surface area (Å²) in [6, 6.07) is 1.88. The number of piperidine rings is 1. The second-order valence-electron chi connectivity index (χ2n) is 5.81. The van der Waals surface area contributed by atoms with Gasteiger partial charge in [0.15, 0.2) is 0 Å². The second kappa shape index (κ2) is 5.51. The monoisotopic (exact) mass is 312 g/mol. The van der Waals surface area contributed by atoms with Crippen molar-refractivity contribution in [1.29, 1.82) is 0 Å². The van der Waals surface area contributed by atoms with Crippen molar-refractivity contribution in [1.82, 2.24) is 14.3 Å². The molecule has 0 unspecified atom stereocenters. The molecule has 1 aromatic rings. The second-order valence-corrected chi connectivity index (χ2v) is 7.79. The van der Waals surface area contributed by atoms with Crippen LogP contribution in [0.1, 0.15) is 19.3 Å². The van der Waals surface area contributed by atoms with E-state index in [4.69, 9.17) is 4.74 Å². The third-order valence-electron chi connectivity index (χ3n) is 4.08. The molecule has 2 saturated heterocycles. The van der Waals surface area contributed by atoms with E-state index in [0.717, 1.165) is 19.3 Å². The lowest BCUT2D eigenvalue weighted by molar-refractivity contribution is -0.0328. The number of nitrogens with zero attached hydrogens (tertiary/aromatic N) is 3. The molecular weight excluding hydrogens is 292 g/mol. The van der Waals surface area contributed by atoms with Gasteiger partial charge in [0.2, 0.25) is 16.0 Å². The van der Waals surface area contributed by atoms with Crippen molar-refractivity contribution in [2.24, 2.45) is 0 Å². The molecule has 0 aromatic carbocycles. The molecule has 2 aliphatic heterocycles. The Morgan fingerprint density at radius 2 is 2.19 bits per heavy atom. The summed E-state index contributed by atoms with van der Waals surface area (Å²) in [5.41, 5.74) is -0.367. The van der Waals surface area contributed by atoms with Crippen LogP contribution in [0, 0.1) is 0 Å². The van der Waals surface area contributed by atoms with Crippen molar-refractivity contribution in [3.63, 3.8) is 0 Å². The minimum atomic E-state index is -3.16. The fourth-order valence-electron chi connectivity index (χ4n) is 3.12. The smallest absolute Gasteiger partial charge is 0.222 e. The summed E-state index contributed by atoms with van der Waals surface area (Å²) in [4.78, 5) is 8.29. The normalized spacial score (nSPS) is 30.6. The minimum Gasteiger partial charge on any atom is -0.371 e. The molecule has 1 aromatic heterocycles. The molecule has 0 saturated carbocycles. The fourth-order valence-corrected chi connectivity index (χ4v) is 4.05. The van der Waals surface area contributed by atoms with Crippen LogP contribution in [0.3, 0.4) is 0 Å². The number of hydrogen-bond acceptors (Lipinski definition) is 6. The zero-order valence-electron chi connectivity index (χ0n) is 12.0. The number of rotatable bonds is 3. The molecule has 0 aliphatic carbocycles. The molecule has 2 fully saturated rings. The van der Waals surface area contributed by atoms with Crippen molar-refractivity contribution >= 4 is 16.0 Å². The average Bonchev–Trinajstić information content (AvgIpc) is 2.81. The van der Waals surface area contributed by atoms with Crippen molar-refractivity contribution in [2.75, 3.05) is 31.3 Å². The summed E-state index contributed by atoms with van der Waals surface area (Å²) in [5, 5.41) is 3.25. The lowest BCUT2D eigenvalue weighted by Gasteiger charge is -2.38. The summed E-state index contributed by atoms with van der Waals surface area (Å²) in [5.74, 6) is 0.582. The average molecular weight is 312 g/mol. The first kappa shape index (κ1) is 14.7. The first-order valence-electron chi connectivity index (χ1n) is 7.10. The first-order chi connectivity index (χ1) is 9.97. The third kappa shape index (κ3) is 3.33. The summed E-state index contributed by atoms with van der Waals surface area (Å²) in [7, 11) is -3.16. The Kier molecular flexibility index (Phi) is 3.85. The summed E-state index contributed by atoms with van der Waals surface area (Å²) in [6.45, 7) is 1.58. The van der Waals surface area contributed by atoms with E-state index in [2.05, 4.69) is 15.3 Å². The molecule has 3 heterocycles. The highest BCUT2D eigenvalue weighted by Gasteiger charge is 2.45. The maximum absolute atomic E-state index is 11.7. The molecule has 0 bridgehead atoms. The predicted molar refractivity (Wildman–Crippen MR) is 78.4 cm³/mol. The van der Waals surface area contributed by atoms with Gasteiger partial charge in [0.05, 0.1) is 24.5 Å². The SMILES string of the molecule is CS(=O)(=O)N1CCC[C@]2(C[C@@H](Nc3ncccn3)CO2)C1. The Balaban J connectivity index is 1.65.